The van der Waals surface area contributed by atoms with Gasteiger partial charge in [0.05, 0.1) is 12.0 Å². The van der Waals surface area contributed by atoms with Gasteiger partial charge in [-0.25, -0.2) is 4.99 Å². The van der Waals surface area contributed by atoms with Gasteiger partial charge in [0.2, 0.25) is 23.7 Å². The first kappa shape index (κ1) is 23.3. The van der Waals surface area contributed by atoms with E-state index in [0.29, 0.717) is 62.1 Å². The van der Waals surface area contributed by atoms with Crippen LogP contribution >= 0.6 is 12.2 Å². The fourth-order valence-electron chi connectivity index (χ4n) is 4.54. The van der Waals surface area contributed by atoms with Crippen molar-refractivity contribution in [2.75, 3.05) is 39.5 Å². The molecule has 3 amide bonds. The lowest BCUT2D eigenvalue weighted by molar-refractivity contribution is -0.133. The molecule has 1 aromatic rings. The highest BCUT2D eigenvalue weighted by molar-refractivity contribution is 7.80. The Morgan fingerprint density at radius 1 is 1.06 bits per heavy atom. The Balaban J connectivity index is 1.03. The number of carbonyl (C=O) groups excluding carboxylic acids is 3. The van der Waals surface area contributed by atoms with Crippen molar-refractivity contribution in [1.82, 2.24) is 14.7 Å². The summed E-state index contributed by atoms with van der Waals surface area (Å²) < 4.78 is 15.9. The number of allylic oxidation sites excluding steroid dienone is 1. The molecule has 1 aromatic heterocycles. The van der Waals surface area contributed by atoms with Gasteiger partial charge in [0.1, 0.15) is 5.92 Å². The molecule has 0 aromatic carbocycles. The Morgan fingerprint density at radius 2 is 1.83 bits per heavy atom. The van der Waals surface area contributed by atoms with Gasteiger partial charge in [-0.15, -0.1) is 0 Å². The fraction of sp³-hybridized carbons (Fsp3) is 0.458. The maximum Gasteiger partial charge on any atom is 0.289 e. The van der Waals surface area contributed by atoms with E-state index in [9.17, 15) is 14.4 Å². The number of rotatable bonds is 7. The van der Waals surface area contributed by atoms with Crippen molar-refractivity contribution in [1.29, 1.82) is 0 Å². The highest BCUT2D eigenvalue weighted by atomic mass is 32.1. The van der Waals surface area contributed by atoms with Gasteiger partial charge < -0.3 is 23.7 Å². The summed E-state index contributed by atoms with van der Waals surface area (Å²) in [5, 5.41) is 0.256. The van der Waals surface area contributed by atoms with Gasteiger partial charge in [0, 0.05) is 45.2 Å². The topological polar surface area (TPSA) is 105 Å². The summed E-state index contributed by atoms with van der Waals surface area (Å²) in [6.45, 7) is 2.62. The predicted molar refractivity (Wildman–Crippen MR) is 128 cm³/mol. The molecular formula is C24H26N4O6S. The molecule has 10 nitrogen and oxygen atoms in total. The Bertz CT molecular complexity index is 1120. The molecule has 4 aliphatic rings. The van der Waals surface area contributed by atoms with E-state index < -0.39 is 5.92 Å². The van der Waals surface area contributed by atoms with Crippen molar-refractivity contribution in [3.63, 3.8) is 0 Å². The van der Waals surface area contributed by atoms with Crippen LogP contribution in [-0.2, 0) is 19.1 Å². The van der Waals surface area contributed by atoms with Gasteiger partial charge in [-0.2, -0.15) is 0 Å². The zero-order valence-corrected chi connectivity index (χ0v) is 20.0. The summed E-state index contributed by atoms with van der Waals surface area (Å²) in [7, 11) is 0. The molecule has 5 rings (SSSR count). The van der Waals surface area contributed by atoms with E-state index in [1.54, 1.807) is 34.1 Å². The molecule has 0 radical (unpaired) electrons. The van der Waals surface area contributed by atoms with Gasteiger partial charge in [0.25, 0.3) is 5.91 Å². The smallest absolute Gasteiger partial charge is 0.289 e. The molecule has 11 heteroatoms. The first-order valence-corrected chi connectivity index (χ1v) is 12.2. The van der Waals surface area contributed by atoms with Gasteiger partial charge in [0.15, 0.2) is 17.3 Å². The number of hydrogen-bond acceptors (Lipinski definition) is 7. The molecule has 1 aliphatic carbocycles. The first-order chi connectivity index (χ1) is 17.0. The third kappa shape index (κ3) is 4.86. The molecule has 184 valence electrons. The zero-order valence-electron chi connectivity index (χ0n) is 19.2. The third-order valence-electron chi connectivity index (χ3n) is 6.50. The summed E-state index contributed by atoms with van der Waals surface area (Å²) >= 11 is 5.35. The highest BCUT2D eigenvalue weighted by Crippen LogP contribution is 2.31. The number of fused-ring (bicyclic) bond motifs is 2. The van der Waals surface area contributed by atoms with Crippen LogP contribution < -0.4 is 0 Å². The molecule has 0 saturated carbocycles. The summed E-state index contributed by atoms with van der Waals surface area (Å²) in [4.78, 5) is 47.4. The lowest BCUT2D eigenvalue weighted by atomic mass is 9.93. The van der Waals surface area contributed by atoms with Crippen molar-refractivity contribution in [2.24, 2.45) is 10.9 Å². The number of furan rings is 1. The molecule has 0 N–H and O–H groups in total. The van der Waals surface area contributed by atoms with Crippen LogP contribution in [0.2, 0.25) is 0 Å². The Kier molecular flexibility index (Phi) is 6.67. The Morgan fingerprint density at radius 3 is 2.60 bits per heavy atom. The van der Waals surface area contributed by atoms with E-state index in [2.05, 4.69) is 4.99 Å². The van der Waals surface area contributed by atoms with E-state index in [4.69, 9.17) is 26.1 Å². The number of ether oxygens (including phenoxy) is 2. The molecule has 2 fully saturated rings. The van der Waals surface area contributed by atoms with E-state index in [0.717, 1.165) is 19.3 Å². The van der Waals surface area contributed by atoms with Crippen LogP contribution in [0.1, 0.15) is 36.2 Å². The normalized spacial score (nSPS) is 21.4. The number of carbonyl (C=O) groups is 3. The second kappa shape index (κ2) is 10.0. The van der Waals surface area contributed by atoms with Gasteiger partial charge in [-0.1, -0.05) is 6.42 Å². The Hall–Kier alpha value is -3.47. The minimum absolute atomic E-state index is 0.0871. The third-order valence-corrected chi connectivity index (χ3v) is 6.81. The molecule has 35 heavy (non-hydrogen) atoms. The van der Waals surface area contributed by atoms with E-state index >= 15 is 0 Å². The quantitative estimate of drug-likeness (QED) is 0.419. The second-order valence-electron chi connectivity index (χ2n) is 8.69. The van der Waals surface area contributed by atoms with Crippen molar-refractivity contribution in [2.45, 2.75) is 25.7 Å². The molecule has 1 atom stereocenters. The van der Waals surface area contributed by atoms with Crippen LogP contribution in [0.3, 0.4) is 0 Å². The van der Waals surface area contributed by atoms with Crippen molar-refractivity contribution in [3.8, 4) is 0 Å². The molecule has 0 spiro atoms. The molecule has 2 saturated heterocycles. The number of thiocarbonyl (C=S) groups is 1. The summed E-state index contributed by atoms with van der Waals surface area (Å²) in [5.74, 6) is 0.788. The largest absolute Gasteiger partial charge is 0.459 e. The van der Waals surface area contributed by atoms with Crippen LogP contribution in [0.5, 0.6) is 0 Å². The maximum atomic E-state index is 13.0. The second-order valence-corrected chi connectivity index (χ2v) is 9.06. The van der Waals surface area contributed by atoms with Crippen molar-refractivity contribution >= 4 is 40.8 Å². The molecular weight excluding hydrogens is 472 g/mol. The average molecular weight is 499 g/mol. The molecule has 0 bridgehead atoms. The number of unbranched alkanes of at least 4 members (excludes halogenated alkanes) is 2. The molecule has 3 aliphatic heterocycles. The minimum atomic E-state index is -0.512. The van der Waals surface area contributed by atoms with Crippen LogP contribution in [0.15, 0.2) is 51.5 Å². The molecule has 1 unspecified atom stereocenters. The lowest BCUT2D eigenvalue weighted by Crippen LogP contribution is -2.50. The van der Waals surface area contributed by atoms with E-state index in [1.165, 1.54) is 11.2 Å². The van der Waals surface area contributed by atoms with Crippen LogP contribution in [0.4, 0.5) is 0 Å². The standard InChI is InChI=1S/C24H26N4O6S/c29-21(26-8-10-27(11-9-26)23(31)18-5-4-12-32-18)6-2-1-3-7-28-22(30)16-13-19-20(34-15-33-19)14-17(16)25-24(28)35/h4-5,12-14,16H,1-3,6-11,15H2. The summed E-state index contributed by atoms with van der Waals surface area (Å²) in [5.41, 5.74) is 0.581. The number of amides is 3. The van der Waals surface area contributed by atoms with Gasteiger partial charge in [-0.3, -0.25) is 19.3 Å². The maximum absolute atomic E-state index is 13.0. The average Bonchev–Trinajstić information content (AvgIpc) is 3.56. The monoisotopic (exact) mass is 498 g/mol. The van der Waals surface area contributed by atoms with Crippen LogP contribution in [-0.4, -0.2) is 82.8 Å². The van der Waals surface area contributed by atoms with Crippen molar-refractivity contribution < 1.29 is 28.3 Å². The van der Waals surface area contributed by atoms with Crippen LogP contribution in [0.25, 0.3) is 0 Å². The van der Waals surface area contributed by atoms with Gasteiger partial charge in [-0.05, 0) is 43.3 Å². The predicted octanol–water partition coefficient (Wildman–Crippen LogP) is 2.09. The lowest BCUT2D eigenvalue weighted by Gasteiger charge is -2.34. The number of hydrogen-bond donors (Lipinski definition) is 0. The summed E-state index contributed by atoms with van der Waals surface area (Å²) in [6, 6.07) is 3.33. The molecule has 4 heterocycles. The van der Waals surface area contributed by atoms with E-state index in [-0.39, 0.29) is 29.6 Å². The minimum Gasteiger partial charge on any atom is -0.459 e. The summed E-state index contributed by atoms with van der Waals surface area (Å²) in [6.07, 6.45) is 7.60. The van der Waals surface area contributed by atoms with Crippen LogP contribution in [0, 0.1) is 5.92 Å². The highest BCUT2D eigenvalue weighted by Gasteiger charge is 2.38. The van der Waals surface area contributed by atoms with Gasteiger partial charge >= 0.3 is 0 Å². The fourth-order valence-corrected chi connectivity index (χ4v) is 4.82. The first-order valence-electron chi connectivity index (χ1n) is 11.8. The van der Waals surface area contributed by atoms with E-state index in [1.807, 2.05) is 0 Å². The van der Waals surface area contributed by atoms with Crippen molar-refractivity contribution in [3.05, 3.63) is 47.8 Å². The Labute approximate surface area is 207 Å². The number of piperazine rings is 1. The zero-order chi connectivity index (χ0) is 24.4. The number of aliphatic imine (C=N–C) groups is 1. The number of nitrogens with zero attached hydrogens (tertiary/aromatic N) is 4. The SMILES string of the molecule is O=C(CCCCCN1C(=O)C2C=C3OCOC3=CC2=NC1=S)N1CCN(C(=O)c2ccco2)CC1.